The van der Waals surface area contributed by atoms with Crippen LogP contribution in [0.2, 0.25) is 5.02 Å². The zero-order valence-corrected chi connectivity index (χ0v) is 18.3. The van der Waals surface area contributed by atoms with Gasteiger partial charge in [0.05, 0.1) is 24.5 Å². The third kappa shape index (κ3) is 3.32. The molecule has 7 heteroatoms. The zero-order valence-electron chi connectivity index (χ0n) is 17.6. The lowest BCUT2D eigenvalue weighted by Crippen LogP contribution is -2.37. The molecule has 2 amide bonds. The van der Waals surface area contributed by atoms with Gasteiger partial charge < -0.3 is 4.74 Å². The predicted molar refractivity (Wildman–Crippen MR) is 122 cm³/mol. The van der Waals surface area contributed by atoms with Gasteiger partial charge in [0.2, 0.25) is 5.91 Å². The Balaban J connectivity index is 1.57. The first kappa shape index (κ1) is 20.5. The summed E-state index contributed by atoms with van der Waals surface area (Å²) in [5.74, 6) is -0.620. The molecule has 2 saturated heterocycles. The fourth-order valence-electron chi connectivity index (χ4n) is 4.31. The van der Waals surface area contributed by atoms with Crippen LogP contribution in [-0.2, 0) is 14.4 Å². The lowest BCUT2D eigenvalue weighted by Gasteiger charge is -2.29. The Kier molecular flexibility index (Phi) is 5.12. The highest BCUT2D eigenvalue weighted by molar-refractivity contribution is 6.30. The molecule has 0 unspecified atom stereocenters. The van der Waals surface area contributed by atoms with Crippen LogP contribution in [0.25, 0.3) is 0 Å². The van der Waals surface area contributed by atoms with Crippen molar-refractivity contribution in [2.45, 2.75) is 19.1 Å². The monoisotopic (exact) mass is 448 g/mol. The molecule has 3 aromatic carbocycles. The number of imide groups is 1. The fraction of sp³-hybridized carbons (Fsp3) is 0.200. The van der Waals surface area contributed by atoms with Gasteiger partial charge in [0.15, 0.2) is 6.10 Å². The first-order valence-corrected chi connectivity index (χ1v) is 10.7. The van der Waals surface area contributed by atoms with Gasteiger partial charge in [-0.3, -0.25) is 14.4 Å². The molecule has 3 atom stereocenters. The Hall–Kier alpha value is -3.35. The Bertz CT molecular complexity index is 1160. The van der Waals surface area contributed by atoms with Crippen LogP contribution in [0.3, 0.4) is 0 Å². The highest BCUT2D eigenvalue weighted by Gasteiger charge is 2.60. The molecule has 0 N–H and O–H groups in total. The lowest BCUT2D eigenvalue weighted by molar-refractivity contribution is -0.126. The molecule has 32 heavy (non-hydrogen) atoms. The molecule has 2 aliphatic heterocycles. The van der Waals surface area contributed by atoms with Gasteiger partial charge in [-0.15, -0.1) is 0 Å². The van der Waals surface area contributed by atoms with E-state index in [0.29, 0.717) is 22.1 Å². The van der Waals surface area contributed by atoms with Crippen LogP contribution in [-0.4, -0.2) is 25.0 Å². The van der Waals surface area contributed by atoms with Crippen LogP contribution in [0.4, 0.5) is 11.4 Å². The molecule has 0 saturated carbocycles. The smallest absolute Gasteiger partial charge is 0.266 e. The zero-order chi connectivity index (χ0) is 22.4. The second kappa shape index (κ2) is 7.97. The summed E-state index contributed by atoms with van der Waals surface area (Å²) in [5.41, 5.74) is 3.16. The van der Waals surface area contributed by atoms with Crippen LogP contribution in [0.1, 0.15) is 17.2 Å². The molecule has 0 aliphatic carbocycles. The SMILES string of the molecule is COc1ccc([C@H]2[C@H]3C(=O)N(c4ccc(C)cc4)C(=O)[C@@H]3ON2c2ccc(Cl)cc2)cc1. The number of rotatable bonds is 4. The van der Waals surface area contributed by atoms with E-state index in [4.69, 9.17) is 21.2 Å². The number of benzene rings is 3. The highest BCUT2D eigenvalue weighted by Crippen LogP contribution is 2.47. The Morgan fingerprint density at radius 1 is 0.844 bits per heavy atom. The Morgan fingerprint density at radius 2 is 1.47 bits per heavy atom. The second-order valence-corrected chi connectivity index (χ2v) is 8.36. The molecular weight excluding hydrogens is 428 g/mol. The number of methoxy groups -OCH3 is 1. The molecular formula is C25H21ClN2O4. The van der Waals surface area contributed by atoms with Gasteiger partial charge in [-0.1, -0.05) is 41.4 Å². The van der Waals surface area contributed by atoms with E-state index in [1.807, 2.05) is 55.5 Å². The van der Waals surface area contributed by atoms with Gasteiger partial charge in [0, 0.05) is 5.02 Å². The number of amides is 2. The number of carbonyl (C=O) groups is 2. The average molecular weight is 449 g/mol. The number of hydrogen-bond acceptors (Lipinski definition) is 5. The van der Waals surface area contributed by atoms with Crippen LogP contribution < -0.4 is 14.7 Å². The standard InChI is InChI=1S/C25H21ClN2O4/c1-15-3-9-18(10-4-15)27-24(29)21-22(16-5-13-20(31-2)14-6-16)28(32-23(21)25(27)30)19-11-7-17(26)8-12-19/h3-14,21-23H,1-2H3/t21-,22+,23-/m1/s1. The van der Waals surface area contributed by atoms with Crippen molar-refractivity contribution in [1.82, 2.24) is 0 Å². The summed E-state index contributed by atoms with van der Waals surface area (Å²) < 4.78 is 5.28. The minimum Gasteiger partial charge on any atom is -0.497 e. The molecule has 0 bridgehead atoms. The average Bonchev–Trinajstić information content (AvgIpc) is 3.31. The number of fused-ring (bicyclic) bond motifs is 1. The molecule has 2 aliphatic rings. The van der Waals surface area contributed by atoms with E-state index in [-0.39, 0.29) is 11.8 Å². The molecule has 0 aromatic heterocycles. The van der Waals surface area contributed by atoms with Crippen LogP contribution in [0.15, 0.2) is 72.8 Å². The summed E-state index contributed by atoms with van der Waals surface area (Å²) >= 11 is 6.06. The van der Waals surface area contributed by atoms with E-state index < -0.39 is 18.1 Å². The van der Waals surface area contributed by atoms with E-state index in [1.54, 1.807) is 36.4 Å². The minimum atomic E-state index is -0.911. The predicted octanol–water partition coefficient (Wildman–Crippen LogP) is 4.71. The first-order chi connectivity index (χ1) is 15.5. The minimum absolute atomic E-state index is 0.277. The summed E-state index contributed by atoms with van der Waals surface area (Å²) in [6.07, 6.45) is -0.911. The van der Waals surface area contributed by atoms with Crippen molar-refractivity contribution in [1.29, 1.82) is 0 Å². The molecule has 2 heterocycles. The third-order valence-electron chi connectivity index (χ3n) is 5.95. The van der Waals surface area contributed by atoms with E-state index in [2.05, 4.69) is 0 Å². The number of hydrogen-bond donors (Lipinski definition) is 0. The van der Waals surface area contributed by atoms with Crippen LogP contribution in [0, 0.1) is 12.8 Å². The van der Waals surface area contributed by atoms with Crippen molar-refractivity contribution < 1.29 is 19.2 Å². The largest absolute Gasteiger partial charge is 0.497 e. The van der Waals surface area contributed by atoms with Crippen molar-refractivity contribution in [3.8, 4) is 5.75 Å². The second-order valence-electron chi connectivity index (χ2n) is 7.92. The van der Waals surface area contributed by atoms with Crippen molar-refractivity contribution >= 4 is 34.8 Å². The van der Waals surface area contributed by atoms with Crippen molar-refractivity contribution in [3.05, 3.63) is 88.9 Å². The Morgan fingerprint density at radius 3 is 2.09 bits per heavy atom. The quantitative estimate of drug-likeness (QED) is 0.541. The normalized spacial score (nSPS) is 22.4. The van der Waals surface area contributed by atoms with E-state index >= 15 is 0 Å². The summed E-state index contributed by atoms with van der Waals surface area (Å²) in [5, 5.41) is 2.24. The number of hydroxylamine groups is 1. The molecule has 6 nitrogen and oxygen atoms in total. The summed E-state index contributed by atoms with van der Waals surface area (Å²) in [6.45, 7) is 1.96. The molecule has 0 spiro atoms. The molecule has 162 valence electrons. The maximum absolute atomic E-state index is 13.6. The van der Waals surface area contributed by atoms with Gasteiger partial charge in [-0.05, 0) is 61.0 Å². The van der Waals surface area contributed by atoms with Crippen LogP contribution in [0.5, 0.6) is 5.75 Å². The molecule has 5 rings (SSSR count). The van der Waals surface area contributed by atoms with Crippen molar-refractivity contribution in [3.63, 3.8) is 0 Å². The molecule has 0 radical (unpaired) electrons. The number of nitrogens with zero attached hydrogens (tertiary/aromatic N) is 2. The first-order valence-electron chi connectivity index (χ1n) is 10.3. The van der Waals surface area contributed by atoms with Crippen molar-refractivity contribution in [2.24, 2.45) is 5.92 Å². The van der Waals surface area contributed by atoms with Crippen LogP contribution >= 0.6 is 11.6 Å². The number of ether oxygens (including phenoxy) is 1. The van der Waals surface area contributed by atoms with Gasteiger partial charge in [0.1, 0.15) is 11.7 Å². The number of anilines is 2. The maximum Gasteiger partial charge on any atom is 0.266 e. The fourth-order valence-corrected chi connectivity index (χ4v) is 4.44. The van der Waals surface area contributed by atoms with Gasteiger partial charge in [-0.2, -0.15) is 0 Å². The lowest BCUT2D eigenvalue weighted by atomic mass is 9.90. The van der Waals surface area contributed by atoms with E-state index in [1.165, 1.54) is 4.90 Å². The van der Waals surface area contributed by atoms with E-state index in [9.17, 15) is 9.59 Å². The number of halogens is 1. The highest BCUT2D eigenvalue weighted by atomic mass is 35.5. The van der Waals surface area contributed by atoms with Gasteiger partial charge in [0.25, 0.3) is 5.91 Å². The maximum atomic E-state index is 13.6. The molecule has 2 fully saturated rings. The number of aryl methyl sites for hydroxylation is 1. The van der Waals surface area contributed by atoms with E-state index in [0.717, 1.165) is 11.1 Å². The topological polar surface area (TPSA) is 59.1 Å². The summed E-state index contributed by atoms with van der Waals surface area (Å²) in [4.78, 5) is 34.3. The summed E-state index contributed by atoms with van der Waals surface area (Å²) in [6, 6.07) is 21.4. The Labute approximate surface area is 190 Å². The van der Waals surface area contributed by atoms with Gasteiger partial charge in [-0.25, -0.2) is 9.96 Å². The van der Waals surface area contributed by atoms with Crippen molar-refractivity contribution in [2.75, 3.05) is 17.1 Å². The summed E-state index contributed by atoms with van der Waals surface area (Å²) in [7, 11) is 1.60. The third-order valence-corrected chi connectivity index (χ3v) is 6.20. The number of carbonyl (C=O) groups excluding carboxylic acids is 2. The molecule has 3 aromatic rings. The van der Waals surface area contributed by atoms with Gasteiger partial charge >= 0.3 is 0 Å².